The first-order valence-electron chi connectivity index (χ1n) is 6.93. The smallest absolute Gasteiger partial charge is 0.432 e. The first-order valence-corrected chi connectivity index (χ1v) is 6.93. The number of halogens is 4. The van der Waals surface area contributed by atoms with Crippen LogP contribution in [-0.4, -0.2) is 21.1 Å². The molecule has 0 saturated carbocycles. The lowest BCUT2D eigenvalue weighted by molar-refractivity contribution is -0.141. The Labute approximate surface area is 138 Å². The molecule has 0 aliphatic rings. The predicted molar refractivity (Wildman–Crippen MR) is 77.0 cm³/mol. The molecular weight excluding hydrogens is 344 g/mol. The number of H-pyrrole nitrogens is 1. The molecule has 25 heavy (non-hydrogen) atoms. The maximum atomic E-state index is 13.9. The molecule has 0 saturated heterocycles. The molecule has 10 heteroatoms. The first-order chi connectivity index (χ1) is 11.9. The van der Waals surface area contributed by atoms with Crippen LogP contribution < -0.4 is 4.90 Å². The van der Waals surface area contributed by atoms with E-state index in [1.54, 1.807) is 6.07 Å². The molecule has 130 valence electrons. The molecule has 2 heterocycles. The Kier molecular flexibility index (Phi) is 4.26. The van der Waals surface area contributed by atoms with Crippen LogP contribution in [0.3, 0.4) is 0 Å². The van der Waals surface area contributed by atoms with Crippen molar-refractivity contribution in [3.8, 4) is 0 Å². The van der Waals surface area contributed by atoms with Crippen LogP contribution >= 0.6 is 0 Å². The molecule has 0 radical (unpaired) electrons. The zero-order chi connectivity index (χ0) is 18.0. The second kappa shape index (κ2) is 6.38. The van der Waals surface area contributed by atoms with Crippen LogP contribution in [0.1, 0.15) is 21.7 Å². The van der Waals surface area contributed by atoms with Crippen LogP contribution in [0.2, 0.25) is 0 Å². The topological polar surface area (TPSA) is 75.0 Å². The molecule has 3 aromatic rings. The fraction of sp³-hybridized carbons (Fsp3) is 0.133. The second-order valence-corrected chi connectivity index (χ2v) is 4.96. The molecule has 3 rings (SSSR count). The summed E-state index contributed by atoms with van der Waals surface area (Å²) in [6.45, 7) is -0.285. The molecule has 6 nitrogen and oxygen atoms in total. The van der Waals surface area contributed by atoms with Crippen molar-refractivity contribution in [2.45, 2.75) is 12.7 Å². The minimum atomic E-state index is -4.70. The molecule has 0 atom stereocenters. The summed E-state index contributed by atoms with van der Waals surface area (Å²) in [5.41, 5.74) is -1.53. The summed E-state index contributed by atoms with van der Waals surface area (Å²) in [5, 5.41) is 5.10. The van der Waals surface area contributed by atoms with Gasteiger partial charge < -0.3 is 4.42 Å². The summed E-state index contributed by atoms with van der Waals surface area (Å²) in [4.78, 5) is 17.3. The number of amides is 1. The average Bonchev–Trinajstić information content (AvgIpc) is 3.24. The van der Waals surface area contributed by atoms with Crippen LogP contribution in [0.25, 0.3) is 0 Å². The summed E-state index contributed by atoms with van der Waals surface area (Å²) in [7, 11) is 0. The molecule has 0 aliphatic carbocycles. The van der Waals surface area contributed by atoms with Crippen molar-refractivity contribution in [3.63, 3.8) is 0 Å². The van der Waals surface area contributed by atoms with E-state index >= 15 is 0 Å². The normalized spacial score (nSPS) is 11.5. The molecule has 1 N–H and O–H groups in total. The molecule has 0 bridgehead atoms. The number of hydrogen-bond donors (Lipinski definition) is 1. The van der Waals surface area contributed by atoms with E-state index in [9.17, 15) is 22.4 Å². The number of nitrogens with one attached hydrogen (secondary N) is 1. The summed E-state index contributed by atoms with van der Waals surface area (Å²) in [5.74, 6) is -1.47. The predicted octanol–water partition coefficient (Wildman–Crippen LogP) is 3.40. The van der Waals surface area contributed by atoms with Gasteiger partial charge in [0.25, 0.3) is 5.91 Å². The van der Waals surface area contributed by atoms with Gasteiger partial charge in [0.15, 0.2) is 5.69 Å². The van der Waals surface area contributed by atoms with Gasteiger partial charge in [-0.25, -0.2) is 9.37 Å². The number of rotatable bonds is 4. The number of alkyl halides is 3. The monoisotopic (exact) mass is 354 g/mol. The minimum absolute atomic E-state index is 0.143. The van der Waals surface area contributed by atoms with E-state index in [1.165, 1.54) is 30.7 Å². The Morgan fingerprint density at radius 1 is 1.28 bits per heavy atom. The zero-order valence-corrected chi connectivity index (χ0v) is 12.4. The Balaban J connectivity index is 1.94. The quantitative estimate of drug-likeness (QED) is 0.729. The SMILES string of the molecule is O=C(c1cc(C(F)(F)F)n[nH]1)N(Cc1ccccc1F)c1ncco1. The summed E-state index contributed by atoms with van der Waals surface area (Å²) in [6.07, 6.45) is -2.26. The van der Waals surface area contributed by atoms with E-state index in [4.69, 9.17) is 4.42 Å². The largest absolute Gasteiger partial charge is 0.435 e. The van der Waals surface area contributed by atoms with Gasteiger partial charge >= 0.3 is 12.2 Å². The number of aromatic nitrogens is 3. The fourth-order valence-corrected chi connectivity index (χ4v) is 2.09. The van der Waals surface area contributed by atoms with Gasteiger partial charge in [-0.15, -0.1) is 0 Å². The third kappa shape index (κ3) is 3.52. The third-order valence-corrected chi connectivity index (χ3v) is 3.28. The molecule has 1 aromatic carbocycles. The summed E-state index contributed by atoms with van der Waals surface area (Å²) in [6, 6.07) is 6.06. The van der Waals surface area contributed by atoms with E-state index in [-0.39, 0.29) is 18.1 Å². The van der Waals surface area contributed by atoms with Crippen LogP contribution in [0.15, 0.2) is 47.2 Å². The lowest BCUT2D eigenvalue weighted by atomic mass is 10.2. The van der Waals surface area contributed by atoms with Crippen LogP contribution in [-0.2, 0) is 12.7 Å². The fourth-order valence-electron chi connectivity index (χ4n) is 2.09. The van der Waals surface area contributed by atoms with E-state index in [2.05, 4.69) is 10.1 Å². The molecule has 0 spiro atoms. The van der Waals surface area contributed by atoms with Crippen molar-refractivity contribution in [3.05, 3.63) is 65.6 Å². The molecule has 2 aromatic heterocycles. The molecule has 0 aliphatic heterocycles. The summed E-state index contributed by atoms with van der Waals surface area (Å²) >= 11 is 0. The number of carbonyl (C=O) groups excluding carboxylic acids is 1. The third-order valence-electron chi connectivity index (χ3n) is 3.28. The van der Waals surface area contributed by atoms with E-state index in [0.717, 1.165) is 4.90 Å². The van der Waals surface area contributed by atoms with Gasteiger partial charge in [0.1, 0.15) is 17.8 Å². The highest BCUT2D eigenvalue weighted by atomic mass is 19.4. The van der Waals surface area contributed by atoms with Crippen molar-refractivity contribution in [2.75, 3.05) is 4.90 Å². The lowest BCUT2D eigenvalue weighted by Crippen LogP contribution is -2.31. The van der Waals surface area contributed by atoms with Crippen LogP contribution in [0, 0.1) is 5.82 Å². The Morgan fingerprint density at radius 3 is 2.64 bits per heavy atom. The van der Waals surface area contributed by atoms with Gasteiger partial charge in [-0.05, 0) is 6.07 Å². The van der Waals surface area contributed by atoms with Crippen molar-refractivity contribution in [2.24, 2.45) is 0 Å². The highest BCUT2D eigenvalue weighted by molar-refractivity contribution is 6.03. The van der Waals surface area contributed by atoms with E-state index < -0.39 is 29.3 Å². The number of nitrogens with zero attached hydrogens (tertiary/aromatic N) is 3. The lowest BCUT2D eigenvalue weighted by Gasteiger charge is -2.18. The van der Waals surface area contributed by atoms with Gasteiger partial charge in [0.2, 0.25) is 0 Å². The summed E-state index contributed by atoms with van der Waals surface area (Å²) < 4.78 is 56.9. The van der Waals surface area contributed by atoms with Crippen molar-refractivity contribution in [1.82, 2.24) is 15.2 Å². The van der Waals surface area contributed by atoms with Gasteiger partial charge in [-0.2, -0.15) is 18.3 Å². The van der Waals surface area contributed by atoms with E-state index in [1.807, 2.05) is 5.10 Å². The minimum Gasteiger partial charge on any atom is -0.432 e. The first kappa shape index (κ1) is 16.7. The molecule has 0 fully saturated rings. The number of oxazole rings is 1. The van der Waals surface area contributed by atoms with Crippen molar-refractivity contribution >= 4 is 11.9 Å². The zero-order valence-electron chi connectivity index (χ0n) is 12.4. The number of aromatic amines is 1. The van der Waals surface area contributed by atoms with Gasteiger partial charge in [0.05, 0.1) is 12.7 Å². The standard InChI is InChI=1S/C15H10F4N4O2/c16-10-4-2-1-3-9(10)8-23(14-20-5-6-25-14)13(24)11-7-12(22-21-11)15(17,18)19/h1-7H,8H2,(H,21,22). The van der Waals surface area contributed by atoms with Gasteiger partial charge in [-0.1, -0.05) is 18.2 Å². The number of benzene rings is 1. The van der Waals surface area contributed by atoms with Crippen LogP contribution in [0.5, 0.6) is 0 Å². The van der Waals surface area contributed by atoms with Gasteiger partial charge in [-0.3, -0.25) is 14.8 Å². The van der Waals surface area contributed by atoms with Gasteiger partial charge in [0, 0.05) is 11.6 Å². The highest BCUT2D eigenvalue weighted by Crippen LogP contribution is 2.28. The van der Waals surface area contributed by atoms with Crippen molar-refractivity contribution < 1.29 is 26.8 Å². The number of carbonyl (C=O) groups is 1. The Morgan fingerprint density at radius 2 is 2.04 bits per heavy atom. The maximum Gasteiger partial charge on any atom is 0.435 e. The average molecular weight is 354 g/mol. The maximum absolute atomic E-state index is 13.9. The molecule has 0 unspecified atom stereocenters. The highest BCUT2D eigenvalue weighted by Gasteiger charge is 2.35. The molecular formula is C15H10F4N4O2. The second-order valence-electron chi connectivity index (χ2n) is 4.96. The number of hydrogen-bond acceptors (Lipinski definition) is 4. The van der Waals surface area contributed by atoms with Crippen molar-refractivity contribution in [1.29, 1.82) is 0 Å². The number of anilines is 1. The Hall–Kier alpha value is -3.17. The molecule has 1 amide bonds. The van der Waals surface area contributed by atoms with E-state index in [0.29, 0.717) is 6.07 Å². The van der Waals surface area contributed by atoms with Crippen LogP contribution in [0.4, 0.5) is 23.6 Å². The Bertz CT molecular complexity index is 874.